The number of fused-ring (bicyclic) bond motifs is 4. The number of ether oxygens (including phenoxy) is 1. The average Bonchev–Trinajstić information content (AvgIpc) is 3.17. The monoisotopic (exact) mass is 302 g/mol. The van der Waals surface area contributed by atoms with E-state index in [0.29, 0.717) is 24.0 Å². The van der Waals surface area contributed by atoms with E-state index in [1.807, 2.05) is 0 Å². The number of carbonyl (C=O) groups is 2. The van der Waals surface area contributed by atoms with Crippen LogP contribution in [0.1, 0.15) is 45.4 Å². The smallest absolute Gasteiger partial charge is 0.187 e. The van der Waals surface area contributed by atoms with Gasteiger partial charge in [-0.25, -0.2) is 0 Å². The molecule has 4 aliphatic carbocycles. The van der Waals surface area contributed by atoms with Gasteiger partial charge in [-0.05, 0) is 62.0 Å². The zero-order valence-electron chi connectivity index (χ0n) is 12.9. The summed E-state index contributed by atoms with van der Waals surface area (Å²) >= 11 is 0. The molecule has 1 aliphatic heterocycles. The molecule has 0 bridgehead atoms. The summed E-state index contributed by atoms with van der Waals surface area (Å²) in [6, 6.07) is 0. The van der Waals surface area contributed by atoms with Gasteiger partial charge in [0, 0.05) is 11.8 Å². The summed E-state index contributed by atoms with van der Waals surface area (Å²) in [6.45, 7) is 2.13. The Hall–Kier alpha value is -1.00. The minimum Gasteiger partial charge on any atom is -0.382 e. The molecule has 1 heterocycles. The summed E-state index contributed by atoms with van der Waals surface area (Å²) in [5.74, 6) is 1.31. The third kappa shape index (κ3) is 1.26. The predicted octanol–water partition coefficient (Wildman–Crippen LogP) is 1.80. The second-order valence-corrected chi connectivity index (χ2v) is 8.28. The lowest BCUT2D eigenvalue weighted by atomic mass is 9.49. The lowest BCUT2D eigenvalue weighted by Crippen LogP contribution is -2.62. The summed E-state index contributed by atoms with van der Waals surface area (Å²) in [6.07, 6.45) is 7.90. The molecule has 0 radical (unpaired) electrons. The molecule has 0 unspecified atom stereocenters. The van der Waals surface area contributed by atoms with Crippen LogP contribution >= 0.6 is 0 Å². The molecular formula is C18H22O4. The van der Waals surface area contributed by atoms with Crippen molar-refractivity contribution >= 4 is 11.6 Å². The fourth-order valence-corrected chi connectivity index (χ4v) is 6.42. The number of hydrogen-bond acceptors (Lipinski definition) is 4. The standard InChI is InChI=1S/C18H22O4/c1-16-7-5-12-10(11(16)2-3-14(16)20)4-9-18-15(22-18)13(19)6-8-17(12,18)21/h6,8,10-12,15,21H,2-5,7,9H2,1H3/t10-,11-,12-,15-,16-,17-,18-/m0/s1. The van der Waals surface area contributed by atoms with E-state index >= 15 is 0 Å². The normalized spacial score (nSPS) is 58.6. The molecular weight excluding hydrogens is 280 g/mol. The van der Waals surface area contributed by atoms with E-state index in [4.69, 9.17) is 4.74 Å². The first kappa shape index (κ1) is 13.4. The van der Waals surface area contributed by atoms with Gasteiger partial charge >= 0.3 is 0 Å². The van der Waals surface area contributed by atoms with Crippen LogP contribution in [0.15, 0.2) is 12.2 Å². The van der Waals surface area contributed by atoms with Crippen molar-refractivity contribution in [3.8, 4) is 0 Å². The third-order valence-corrected chi connectivity index (χ3v) is 7.69. The van der Waals surface area contributed by atoms with Crippen molar-refractivity contribution in [1.82, 2.24) is 0 Å². The first-order chi connectivity index (χ1) is 10.4. The largest absolute Gasteiger partial charge is 0.382 e. The van der Waals surface area contributed by atoms with E-state index in [0.717, 1.165) is 32.1 Å². The number of rotatable bonds is 0. The van der Waals surface area contributed by atoms with Gasteiger partial charge in [-0.3, -0.25) is 9.59 Å². The summed E-state index contributed by atoms with van der Waals surface area (Å²) in [4.78, 5) is 24.2. The molecule has 5 rings (SSSR count). The summed E-state index contributed by atoms with van der Waals surface area (Å²) < 4.78 is 5.76. The Bertz CT molecular complexity index is 625. The average molecular weight is 302 g/mol. The fourth-order valence-electron chi connectivity index (χ4n) is 6.42. The maximum atomic E-state index is 12.3. The van der Waals surface area contributed by atoms with Crippen molar-refractivity contribution in [2.75, 3.05) is 0 Å². The molecule has 3 saturated carbocycles. The zero-order valence-corrected chi connectivity index (χ0v) is 12.9. The van der Waals surface area contributed by atoms with Gasteiger partial charge in [-0.2, -0.15) is 0 Å². The first-order valence-electron chi connectivity index (χ1n) is 8.59. The van der Waals surface area contributed by atoms with Crippen molar-refractivity contribution in [3.05, 3.63) is 12.2 Å². The van der Waals surface area contributed by atoms with Crippen LogP contribution < -0.4 is 0 Å². The zero-order chi connectivity index (χ0) is 15.3. The quantitative estimate of drug-likeness (QED) is 0.693. The maximum absolute atomic E-state index is 12.3. The molecule has 22 heavy (non-hydrogen) atoms. The van der Waals surface area contributed by atoms with Crippen LogP contribution in [0.4, 0.5) is 0 Å². The Morgan fingerprint density at radius 2 is 2.00 bits per heavy atom. The summed E-state index contributed by atoms with van der Waals surface area (Å²) in [7, 11) is 0. The second-order valence-electron chi connectivity index (χ2n) is 8.28. The van der Waals surface area contributed by atoms with Gasteiger partial charge < -0.3 is 9.84 Å². The first-order valence-corrected chi connectivity index (χ1v) is 8.59. The SMILES string of the molecule is C[C@]12CC[C@H]3[C@@H](CC[C@]45O[C@H]4C(=O)C=C[C@]35O)[C@@H]1CCC2=O. The molecule has 1 saturated heterocycles. The number of aliphatic hydroxyl groups is 1. The molecule has 0 amide bonds. The Balaban J connectivity index is 1.56. The highest BCUT2D eigenvalue weighted by molar-refractivity contribution is 5.98. The van der Waals surface area contributed by atoms with Crippen molar-refractivity contribution in [1.29, 1.82) is 0 Å². The second kappa shape index (κ2) is 3.73. The van der Waals surface area contributed by atoms with E-state index < -0.39 is 17.3 Å². The van der Waals surface area contributed by atoms with Crippen LogP contribution in [0, 0.1) is 23.2 Å². The van der Waals surface area contributed by atoms with Crippen LogP contribution in [-0.2, 0) is 14.3 Å². The third-order valence-electron chi connectivity index (χ3n) is 7.69. The Kier molecular flexibility index (Phi) is 2.28. The van der Waals surface area contributed by atoms with Crippen molar-refractivity contribution in [3.63, 3.8) is 0 Å². The highest BCUT2D eigenvalue weighted by Crippen LogP contribution is 2.67. The van der Waals surface area contributed by atoms with E-state index in [-0.39, 0.29) is 17.1 Å². The lowest BCUT2D eigenvalue weighted by Gasteiger charge is -2.55. The van der Waals surface area contributed by atoms with Crippen LogP contribution in [0.5, 0.6) is 0 Å². The van der Waals surface area contributed by atoms with Crippen LogP contribution in [0.3, 0.4) is 0 Å². The minimum atomic E-state index is -1.01. The molecule has 4 fully saturated rings. The van der Waals surface area contributed by atoms with Gasteiger partial charge in [0.1, 0.15) is 17.0 Å². The summed E-state index contributed by atoms with van der Waals surface area (Å²) in [5.41, 5.74) is -1.85. The van der Waals surface area contributed by atoms with E-state index in [9.17, 15) is 14.7 Å². The molecule has 4 nitrogen and oxygen atoms in total. The van der Waals surface area contributed by atoms with Gasteiger partial charge in [0.15, 0.2) is 11.9 Å². The van der Waals surface area contributed by atoms with E-state index in [1.165, 1.54) is 6.08 Å². The molecule has 0 aromatic rings. The Labute approximate surface area is 129 Å². The molecule has 7 atom stereocenters. The minimum absolute atomic E-state index is 0.000170. The van der Waals surface area contributed by atoms with Gasteiger partial charge in [0.25, 0.3) is 0 Å². The van der Waals surface area contributed by atoms with Crippen LogP contribution in [0.2, 0.25) is 0 Å². The van der Waals surface area contributed by atoms with Crippen molar-refractivity contribution < 1.29 is 19.4 Å². The van der Waals surface area contributed by atoms with Gasteiger partial charge in [-0.15, -0.1) is 0 Å². The molecule has 4 heteroatoms. The highest BCUT2D eigenvalue weighted by atomic mass is 16.6. The number of epoxide rings is 1. The molecule has 118 valence electrons. The number of carbonyl (C=O) groups excluding carboxylic acids is 2. The molecule has 5 aliphatic rings. The van der Waals surface area contributed by atoms with Gasteiger partial charge in [0.05, 0.1) is 0 Å². The highest BCUT2D eigenvalue weighted by Gasteiger charge is 2.77. The van der Waals surface area contributed by atoms with E-state index in [2.05, 4.69) is 6.92 Å². The van der Waals surface area contributed by atoms with Crippen LogP contribution in [0.25, 0.3) is 0 Å². The molecule has 1 spiro atoms. The Morgan fingerprint density at radius 3 is 2.82 bits per heavy atom. The van der Waals surface area contributed by atoms with Gasteiger partial charge in [-0.1, -0.05) is 6.92 Å². The lowest BCUT2D eigenvalue weighted by molar-refractivity contribution is -0.150. The number of ketones is 2. The molecule has 0 aromatic heterocycles. The molecule has 1 N–H and O–H groups in total. The van der Waals surface area contributed by atoms with Crippen molar-refractivity contribution in [2.24, 2.45) is 23.2 Å². The maximum Gasteiger partial charge on any atom is 0.187 e. The van der Waals surface area contributed by atoms with Gasteiger partial charge in [0.2, 0.25) is 0 Å². The van der Waals surface area contributed by atoms with E-state index in [1.54, 1.807) is 6.08 Å². The topological polar surface area (TPSA) is 66.9 Å². The fraction of sp³-hybridized carbons (Fsp3) is 0.778. The number of hydrogen-bond donors (Lipinski definition) is 1. The predicted molar refractivity (Wildman–Crippen MR) is 78.0 cm³/mol. The van der Waals surface area contributed by atoms with Crippen molar-refractivity contribution in [2.45, 2.75) is 62.8 Å². The Morgan fingerprint density at radius 1 is 1.18 bits per heavy atom. The summed E-state index contributed by atoms with van der Waals surface area (Å²) in [5, 5.41) is 11.4. The number of Topliss-reactive ketones (excluding diaryl/α,β-unsaturated/α-hetero) is 1. The molecule has 0 aromatic carbocycles. The van der Waals surface area contributed by atoms with Crippen LogP contribution in [-0.4, -0.2) is 34.0 Å².